The molecule has 0 fully saturated rings. The molecule has 8 heteroatoms. The van der Waals surface area contributed by atoms with Crippen molar-refractivity contribution in [1.82, 2.24) is 37.9 Å². The van der Waals surface area contributed by atoms with Crippen LogP contribution in [0.2, 0.25) is 0 Å². The summed E-state index contributed by atoms with van der Waals surface area (Å²) in [7, 11) is 0. The Morgan fingerprint density at radius 2 is 0.981 bits per heavy atom. The number of hydrogen-bond donors (Lipinski definition) is 0. The third-order valence-corrected chi connectivity index (χ3v) is 9.66. The Morgan fingerprint density at radius 1 is 0.481 bits per heavy atom. The Morgan fingerprint density at radius 3 is 1.63 bits per heavy atom. The lowest BCUT2D eigenvalue weighted by atomic mass is 9.92. The van der Waals surface area contributed by atoms with Crippen LogP contribution in [0.15, 0.2) is 145 Å². The lowest BCUT2D eigenvalue weighted by Crippen LogP contribution is -2.09. The van der Waals surface area contributed by atoms with E-state index in [4.69, 9.17) is 25.4 Å². The monoisotopic (exact) mass is 711 g/mol. The minimum Gasteiger partial charge on any atom is -0.276 e. The minimum absolute atomic E-state index is 0.0504. The van der Waals surface area contributed by atoms with Gasteiger partial charge in [-0.1, -0.05) is 84.8 Å². The molecule has 4 aliphatic rings. The minimum atomic E-state index is -3.62. The van der Waals surface area contributed by atoms with Gasteiger partial charge in [0, 0.05) is 22.6 Å². The molecule has 11 aromatic rings. The third-order valence-electron chi connectivity index (χ3n) is 9.66. The summed E-state index contributed by atoms with van der Waals surface area (Å²) >= 11 is 0. The number of imidazole rings is 4. The van der Waals surface area contributed by atoms with Crippen LogP contribution in [-0.4, -0.2) is 37.9 Å². The fourth-order valence-electron chi connectivity index (χ4n) is 7.33. The molecule has 6 aromatic carbocycles. The molecular formula is C46H32N8. The number of rotatable bonds is 3. The number of para-hydroxylation sites is 8. The molecule has 4 bridgehead atoms. The first-order valence-corrected chi connectivity index (χ1v) is 17.1. The average Bonchev–Trinajstić information content (AvgIpc) is 4.05. The van der Waals surface area contributed by atoms with Crippen LogP contribution in [0.1, 0.15) is 42.8 Å². The van der Waals surface area contributed by atoms with Crippen LogP contribution in [0.25, 0.3) is 78.7 Å². The maximum absolute atomic E-state index is 9.89. The predicted octanol–water partition coefficient (Wildman–Crippen LogP) is 9.52. The van der Waals surface area contributed by atoms with Gasteiger partial charge >= 0.3 is 0 Å². The Bertz CT molecular complexity index is 3900. The maximum Gasteiger partial charge on any atom is 0.239 e. The second-order valence-corrected chi connectivity index (χ2v) is 12.8. The summed E-state index contributed by atoms with van der Waals surface area (Å²) in [6.07, 6.45) is -14.4. The highest BCUT2D eigenvalue weighted by atomic mass is 15.3. The van der Waals surface area contributed by atoms with Gasteiger partial charge in [0.1, 0.15) is 5.82 Å². The van der Waals surface area contributed by atoms with E-state index in [1.807, 2.05) is 93.7 Å². The van der Waals surface area contributed by atoms with Crippen molar-refractivity contribution in [2.24, 2.45) is 0 Å². The Labute approximate surface area is 330 Å². The normalized spacial score (nSPS) is 21.0. The van der Waals surface area contributed by atoms with Gasteiger partial charge in [0.15, 0.2) is 0 Å². The van der Waals surface area contributed by atoms with Crippen molar-refractivity contribution >= 4 is 55.7 Å². The van der Waals surface area contributed by atoms with E-state index < -0.39 is 95.6 Å². The van der Waals surface area contributed by atoms with E-state index in [0.29, 0.717) is 44.7 Å². The first-order chi connectivity index (χ1) is 32.7. The van der Waals surface area contributed by atoms with Crippen molar-refractivity contribution < 1.29 is 20.6 Å². The van der Waals surface area contributed by atoms with Crippen molar-refractivity contribution in [3.05, 3.63) is 168 Å². The summed E-state index contributed by atoms with van der Waals surface area (Å²) in [5, 5.41) is 0. The first-order valence-electron chi connectivity index (χ1n) is 24.6. The molecule has 5 aromatic heterocycles. The van der Waals surface area contributed by atoms with Gasteiger partial charge in [0.05, 0.1) is 59.4 Å². The molecule has 54 heavy (non-hydrogen) atoms. The Kier molecular flexibility index (Phi) is 3.87. The second kappa shape index (κ2) is 11.2. The zero-order chi connectivity index (χ0) is 48.6. The van der Waals surface area contributed by atoms with E-state index in [9.17, 15) is 15.1 Å². The van der Waals surface area contributed by atoms with Crippen LogP contribution in [0, 0.1) is 0 Å². The molecule has 4 aliphatic carbocycles. The third kappa shape index (κ3) is 4.31. The number of aromatic nitrogens is 8. The van der Waals surface area contributed by atoms with Crippen molar-refractivity contribution in [1.29, 1.82) is 0 Å². The van der Waals surface area contributed by atoms with Gasteiger partial charge in [-0.15, -0.1) is 0 Å². The molecule has 0 N–H and O–H groups in total. The molecular weight excluding hydrogens is 665 g/mol. The zero-order valence-electron chi connectivity index (χ0n) is 42.9. The lowest BCUT2D eigenvalue weighted by molar-refractivity contribution is 0.913. The van der Waals surface area contributed by atoms with Gasteiger partial charge in [-0.05, 0) is 102 Å². The van der Waals surface area contributed by atoms with Crippen LogP contribution in [0.4, 0.5) is 0 Å². The number of benzene rings is 6. The van der Waals surface area contributed by atoms with Crippen LogP contribution >= 0.6 is 0 Å². The van der Waals surface area contributed by atoms with Gasteiger partial charge in [0.2, 0.25) is 17.5 Å². The molecule has 0 aliphatic heterocycles. The van der Waals surface area contributed by atoms with Crippen LogP contribution in [-0.2, 0) is 25.5 Å². The predicted molar refractivity (Wildman–Crippen MR) is 215 cm³/mol. The number of hydrogen-bond acceptors (Lipinski definition) is 4. The van der Waals surface area contributed by atoms with E-state index in [1.165, 1.54) is 6.07 Å². The van der Waals surface area contributed by atoms with Crippen LogP contribution in [0.5, 0.6) is 0 Å². The Balaban J connectivity index is 1.28. The van der Waals surface area contributed by atoms with Crippen molar-refractivity contribution in [3.63, 3.8) is 0 Å². The highest BCUT2D eigenvalue weighted by molar-refractivity contribution is 5.93. The fraction of sp³-hybridized carbons (Fsp3) is 0.0870. The van der Waals surface area contributed by atoms with Crippen LogP contribution in [0.3, 0.4) is 0 Å². The van der Waals surface area contributed by atoms with Crippen molar-refractivity contribution in [2.75, 3.05) is 0 Å². The van der Waals surface area contributed by atoms with Gasteiger partial charge < -0.3 is 0 Å². The largest absolute Gasteiger partial charge is 0.276 e. The molecule has 0 unspecified atom stereocenters. The maximum atomic E-state index is 9.89. The zero-order valence-corrected chi connectivity index (χ0v) is 27.9. The topological polar surface area (TPSA) is 70.2 Å². The highest BCUT2D eigenvalue weighted by Gasteiger charge is 2.24. The summed E-state index contributed by atoms with van der Waals surface area (Å²) in [6, 6.07) is 22.9. The molecule has 256 valence electrons. The molecule has 0 atom stereocenters. The molecule has 0 saturated carbocycles. The highest BCUT2D eigenvalue weighted by Crippen LogP contribution is 2.34. The second-order valence-electron chi connectivity index (χ2n) is 12.8. The molecule has 0 spiro atoms. The van der Waals surface area contributed by atoms with E-state index in [-0.39, 0.29) is 17.5 Å². The average molecular weight is 712 g/mol. The van der Waals surface area contributed by atoms with E-state index in [1.54, 1.807) is 21.3 Å². The van der Waals surface area contributed by atoms with Crippen molar-refractivity contribution in [3.8, 4) is 23.0 Å². The number of fused-ring (bicyclic) bond motifs is 10. The summed E-state index contributed by atoms with van der Waals surface area (Å²) in [5.74, 6) is 0.603. The van der Waals surface area contributed by atoms with Crippen LogP contribution < -0.4 is 0 Å². The molecule has 5 heterocycles. The summed E-state index contributed by atoms with van der Waals surface area (Å²) in [5.41, 5.74) is -0.248. The summed E-state index contributed by atoms with van der Waals surface area (Å²) in [4.78, 5) is 20.1. The van der Waals surface area contributed by atoms with Crippen molar-refractivity contribution in [2.45, 2.75) is 25.5 Å². The molecule has 8 nitrogen and oxygen atoms in total. The first kappa shape index (κ1) is 18.6. The quantitative estimate of drug-likeness (QED) is 0.183. The summed E-state index contributed by atoms with van der Waals surface area (Å²) in [6.45, 7) is 0. The smallest absolute Gasteiger partial charge is 0.239 e. The standard InChI is InChI=1S/C46H32N8/c1-3-11-37-34(9-1)48-45-51(37)39-13-5-7-15-41(39)53(45)43-28-36(33-27-31-22-21-29-17-19-30(20-18-29)23-25-32(33)26-24-31)47-44(50-43)54-42-16-8-6-14-40(42)52-38-12-4-2-10-35(38)49-46(52)54/h1-20,24,26-28H,21-23,25H2/i17D,18D,19D,20D,21D2,22D2,23D2,24D,25D2,26D,27D. The van der Waals surface area contributed by atoms with Gasteiger partial charge in [0.25, 0.3) is 0 Å². The lowest BCUT2D eigenvalue weighted by Gasteiger charge is -2.16. The van der Waals surface area contributed by atoms with E-state index in [2.05, 4.69) is 0 Å². The molecule has 0 amide bonds. The number of nitrogens with zero attached hydrogens (tertiary/aromatic N) is 8. The van der Waals surface area contributed by atoms with E-state index in [0.717, 1.165) is 11.0 Å². The van der Waals surface area contributed by atoms with Gasteiger partial charge in [-0.3, -0.25) is 13.4 Å². The summed E-state index contributed by atoms with van der Waals surface area (Å²) < 4.78 is 147. The van der Waals surface area contributed by atoms with E-state index >= 15 is 0 Å². The molecule has 15 rings (SSSR count). The Hall–Kier alpha value is -7.06. The molecule has 0 saturated heterocycles. The SMILES string of the molecule is [2H]c1c([2H])c2c([2H])c([2H])c1C([2H])([2H])C([2H])([2H])c1c([2H])c([2H])c(c(-c3cc(-n4c5ccccc5n5c6ccccc6nc45)nc(-n4c5ccccc5n5c6ccccc6nc45)n3)c1[2H])C([2H])([2H])C2([2H])[2H]. The fourth-order valence-corrected chi connectivity index (χ4v) is 7.33. The van der Waals surface area contributed by atoms with Gasteiger partial charge in [-0.2, -0.15) is 4.98 Å². The van der Waals surface area contributed by atoms with Gasteiger partial charge in [-0.25, -0.2) is 19.5 Å². The molecule has 0 radical (unpaired) electrons.